The largest absolute Gasteiger partial charge is 0.396 e. The summed E-state index contributed by atoms with van der Waals surface area (Å²) in [4.78, 5) is 14.5. The molecule has 19 heavy (non-hydrogen) atoms. The van der Waals surface area contributed by atoms with Crippen molar-refractivity contribution in [3.63, 3.8) is 0 Å². The molecular formula is C12H20N4O2S. The van der Waals surface area contributed by atoms with E-state index in [-0.39, 0.29) is 0 Å². The Bertz CT molecular complexity index is 560. The van der Waals surface area contributed by atoms with Gasteiger partial charge in [-0.3, -0.25) is 9.89 Å². The van der Waals surface area contributed by atoms with E-state index >= 15 is 0 Å². The van der Waals surface area contributed by atoms with Crippen LogP contribution in [0.25, 0.3) is 5.65 Å². The number of nitrogens with zero attached hydrogens (tertiary/aromatic N) is 2. The van der Waals surface area contributed by atoms with Gasteiger partial charge in [-0.05, 0) is 6.92 Å². The third kappa shape index (κ3) is 4.80. The molecule has 0 saturated carbocycles. The van der Waals surface area contributed by atoms with E-state index in [0.717, 1.165) is 6.61 Å². The SMILES string of the molecule is CC.CCOC.Nc1cc(=S)[nH]n2c(C=O)cnc12. The van der Waals surface area contributed by atoms with Gasteiger partial charge in [0.2, 0.25) is 0 Å². The number of nitrogen functional groups attached to an aromatic ring is 1. The first kappa shape index (κ1) is 17.3. The lowest BCUT2D eigenvalue weighted by Crippen LogP contribution is -2.00. The van der Waals surface area contributed by atoms with Crippen LogP contribution in [-0.4, -0.2) is 34.6 Å². The first-order chi connectivity index (χ1) is 9.13. The zero-order valence-corrected chi connectivity index (χ0v) is 12.5. The summed E-state index contributed by atoms with van der Waals surface area (Å²) in [6.45, 7) is 6.78. The topological polar surface area (TPSA) is 85.4 Å². The van der Waals surface area contributed by atoms with Gasteiger partial charge in [0.1, 0.15) is 10.3 Å². The second-order valence-corrected chi connectivity index (χ2v) is 3.55. The molecule has 0 aliphatic rings. The lowest BCUT2D eigenvalue weighted by Gasteiger charge is -1.98. The average molecular weight is 284 g/mol. The molecule has 0 aliphatic carbocycles. The summed E-state index contributed by atoms with van der Waals surface area (Å²) in [5, 5.41) is 2.79. The Kier molecular flexibility index (Phi) is 8.39. The molecule has 0 saturated heterocycles. The number of fused-ring (bicyclic) bond motifs is 1. The highest BCUT2D eigenvalue weighted by atomic mass is 32.1. The van der Waals surface area contributed by atoms with Crippen molar-refractivity contribution < 1.29 is 9.53 Å². The molecule has 0 aliphatic heterocycles. The summed E-state index contributed by atoms with van der Waals surface area (Å²) in [5.41, 5.74) is 7.00. The Morgan fingerprint density at radius 2 is 2.16 bits per heavy atom. The highest BCUT2D eigenvalue weighted by Gasteiger charge is 2.04. The molecule has 0 atom stereocenters. The molecule has 0 spiro atoms. The number of aromatic nitrogens is 3. The summed E-state index contributed by atoms with van der Waals surface area (Å²) >= 11 is 4.90. The second-order valence-electron chi connectivity index (χ2n) is 3.11. The molecule has 2 aromatic rings. The Hall–Kier alpha value is -1.73. The summed E-state index contributed by atoms with van der Waals surface area (Å²) in [5.74, 6) is 0. The minimum absolute atomic E-state index is 0.397. The molecule has 0 aromatic carbocycles. The van der Waals surface area contributed by atoms with Gasteiger partial charge in [0.25, 0.3) is 0 Å². The number of carbonyl (C=O) groups is 1. The maximum absolute atomic E-state index is 10.5. The highest BCUT2D eigenvalue weighted by molar-refractivity contribution is 7.71. The Balaban J connectivity index is 0.000000467. The van der Waals surface area contributed by atoms with Crippen molar-refractivity contribution in [3.8, 4) is 0 Å². The van der Waals surface area contributed by atoms with Crippen molar-refractivity contribution in [3.05, 3.63) is 22.6 Å². The van der Waals surface area contributed by atoms with Crippen LogP contribution < -0.4 is 5.73 Å². The number of H-pyrrole nitrogens is 1. The molecule has 0 bridgehead atoms. The third-order valence-electron chi connectivity index (χ3n) is 1.97. The van der Waals surface area contributed by atoms with E-state index in [1.165, 1.54) is 10.7 Å². The number of aldehydes is 1. The molecule has 106 valence electrons. The molecule has 0 amide bonds. The maximum atomic E-state index is 10.5. The van der Waals surface area contributed by atoms with Crippen LogP contribution in [0.2, 0.25) is 0 Å². The van der Waals surface area contributed by atoms with Crippen molar-refractivity contribution in [1.82, 2.24) is 14.6 Å². The summed E-state index contributed by atoms with van der Waals surface area (Å²) < 4.78 is 6.47. The van der Waals surface area contributed by atoms with E-state index in [1.54, 1.807) is 13.2 Å². The van der Waals surface area contributed by atoms with Crippen LogP contribution in [0.1, 0.15) is 31.3 Å². The number of anilines is 1. The fourth-order valence-electron chi connectivity index (χ4n) is 1.12. The number of hydrogen-bond donors (Lipinski definition) is 2. The van der Waals surface area contributed by atoms with Gasteiger partial charge < -0.3 is 10.5 Å². The smallest absolute Gasteiger partial charge is 0.175 e. The maximum Gasteiger partial charge on any atom is 0.175 e. The predicted molar refractivity (Wildman–Crippen MR) is 79.1 cm³/mol. The van der Waals surface area contributed by atoms with Gasteiger partial charge in [0.15, 0.2) is 11.9 Å². The number of nitrogens with two attached hydrogens (primary N) is 1. The number of nitrogens with one attached hydrogen (secondary N) is 1. The minimum Gasteiger partial charge on any atom is -0.396 e. The molecule has 6 nitrogen and oxygen atoms in total. The number of ether oxygens (including phenoxy) is 1. The first-order valence-electron chi connectivity index (χ1n) is 5.94. The van der Waals surface area contributed by atoms with Crippen LogP contribution in [0.3, 0.4) is 0 Å². The van der Waals surface area contributed by atoms with E-state index in [2.05, 4.69) is 14.8 Å². The molecule has 3 N–H and O–H groups in total. The number of imidazole rings is 1. The van der Waals surface area contributed by atoms with Gasteiger partial charge >= 0.3 is 0 Å². The van der Waals surface area contributed by atoms with Crippen molar-refractivity contribution in [1.29, 1.82) is 0 Å². The van der Waals surface area contributed by atoms with E-state index < -0.39 is 0 Å². The summed E-state index contributed by atoms with van der Waals surface area (Å²) in [7, 11) is 1.68. The summed E-state index contributed by atoms with van der Waals surface area (Å²) in [6.07, 6.45) is 2.12. The third-order valence-corrected chi connectivity index (χ3v) is 2.17. The molecule has 2 heterocycles. The van der Waals surface area contributed by atoms with E-state index in [4.69, 9.17) is 18.0 Å². The Morgan fingerprint density at radius 1 is 1.58 bits per heavy atom. The monoisotopic (exact) mass is 284 g/mol. The Labute approximate surface area is 117 Å². The van der Waals surface area contributed by atoms with E-state index in [0.29, 0.717) is 28.0 Å². The molecule has 0 fully saturated rings. The molecular weight excluding hydrogens is 264 g/mol. The average Bonchev–Trinajstić information content (AvgIpc) is 2.84. The predicted octanol–water partition coefficient (Wildman–Crippen LogP) is 2.47. The summed E-state index contributed by atoms with van der Waals surface area (Å²) in [6, 6.07) is 1.59. The van der Waals surface area contributed by atoms with E-state index in [1.807, 2.05) is 20.8 Å². The standard InChI is InChI=1S/C7H6N4OS.C3H8O.C2H6/c8-5-1-6(13)10-11-4(3-12)2-9-7(5)11;1-3-4-2;1-2/h1-3H,8H2,(H,10,13);3H2,1-2H3;1-2H3. The van der Waals surface area contributed by atoms with Gasteiger partial charge in [-0.2, -0.15) is 0 Å². The number of carbonyl (C=O) groups excluding carboxylic acids is 1. The minimum atomic E-state index is 0.397. The zero-order chi connectivity index (χ0) is 14.8. The van der Waals surface area contributed by atoms with Gasteiger partial charge in [-0.25, -0.2) is 9.50 Å². The molecule has 0 unspecified atom stereocenters. The highest BCUT2D eigenvalue weighted by Crippen LogP contribution is 2.11. The van der Waals surface area contributed by atoms with Gasteiger partial charge in [0, 0.05) is 19.8 Å². The first-order valence-corrected chi connectivity index (χ1v) is 6.35. The van der Waals surface area contributed by atoms with Gasteiger partial charge in [-0.15, -0.1) is 0 Å². The number of aromatic amines is 1. The molecule has 7 heteroatoms. The molecule has 0 radical (unpaired) electrons. The second kappa shape index (κ2) is 9.23. The lowest BCUT2D eigenvalue weighted by molar-refractivity contribution is 0.111. The quantitative estimate of drug-likeness (QED) is 0.653. The van der Waals surface area contributed by atoms with Crippen LogP contribution in [0.15, 0.2) is 12.3 Å². The number of hydrogen-bond acceptors (Lipinski definition) is 5. The van der Waals surface area contributed by atoms with Crippen molar-refractivity contribution in [2.45, 2.75) is 20.8 Å². The Morgan fingerprint density at radius 3 is 2.63 bits per heavy atom. The van der Waals surface area contributed by atoms with Crippen molar-refractivity contribution in [2.75, 3.05) is 19.5 Å². The van der Waals surface area contributed by atoms with E-state index in [9.17, 15) is 4.79 Å². The van der Waals surface area contributed by atoms with Crippen LogP contribution in [0.5, 0.6) is 0 Å². The fourth-order valence-corrected chi connectivity index (χ4v) is 1.34. The van der Waals surface area contributed by atoms with Crippen LogP contribution in [0.4, 0.5) is 5.69 Å². The molecule has 2 rings (SSSR count). The van der Waals surface area contributed by atoms with Crippen LogP contribution >= 0.6 is 12.2 Å². The van der Waals surface area contributed by atoms with Crippen LogP contribution in [0, 0.1) is 4.64 Å². The lowest BCUT2D eigenvalue weighted by atomic mass is 10.5. The normalized spacial score (nSPS) is 9.05. The zero-order valence-electron chi connectivity index (χ0n) is 11.6. The number of rotatable bonds is 2. The van der Waals surface area contributed by atoms with Gasteiger partial charge in [0.05, 0.1) is 11.9 Å². The van der Waals surface area contributed by atoms with Crippen LogP contribution in [-0.2, 0) is 4.74 Å². The molecule has 2 aromatic heterocycles. The van der Waals surface area contributed by atoms with Gasteiger partial charge in [-0.1, -0.05) is 26.1 Å². The van der Waals surface area contributed by atoms with Crippen molar-refractivity contribution in [2.24, 2.45) is 0 Å². The van der Waals surface area contributed by atoms with Crippen molar-refractivity contribution >= 4 is 29.8 Å². The fraction of sp³-hybridized carbons (Fsp3) is 0.417. The number of methoxy groups -OCH3 is 1.